The van der Waals surface area contributed by atoms with Gasteiger partial charge in [0.05, 0.1) is 0 Å². The van der Waals surface area contributed by atoms with Gasteiger partial charge < -0.3 is 0 Å². The number of hydrogen-bond acceptors (Lipinski definition) is 3. The van der Waals surface area contributed by atoms with E-state index >= 15 is 0 Å². The smallest absolute Gasteiger partial charge is 0.221 e. The standard InChI is InChI=1S/C6H6Cl3N3/c1-2-4-10-3-11-5(12-4)6(7,8)9/h3H,2H2,1H3. The lowest BCUT2D eigenvalue weighted by atomic mass is 10.4. The van der Waals surface area contributed by atoms with Crippen molar-refractivity contribution >= 4 is 34.8 Å². The molecule has 0 aliphatic rings. The Kier molecular flexibility index (Phi) is 3.09. The van der Waals surface area contributed by atoms with Crippen LogP contribution < -0.4 is 0 Å². The molecule has 0 saturated carbocycles. The number of hydrogen-bond donors (Lipinski definition) is 0. The number of halogens is 3. The number of rotatable bonds is 1. The molecule has 6 heteroatoms. The highest BCUT2D eigenvalue weighted by Gasteiger charge is 2.26. The maximum atomic E-state index is 5.57. The van der Waals surface area contributed by atoms with Crippen LogP contribution in [0.15, 0.2) is 6.33 Å². The number of aromatic nitrogens is 3. The van der Waals surface area contributed by atoms with Gasteiger partial charge in [-0.1, -0.05) is 41.7 Å². The van der Waals surface area contributed by atoms with Crippen LogP contribution in [0.25, 0.3) is 0 Å². The van der Waals surface area contributed by atoms with Crippen molar-refractivity contribution in [2.45, 2.75) is 17.1 Å². The Balaban J connectivity index is 3.02. The van der Waals surface area contributed by atoms with Gasteiger partial charge in [0.1, 0.15) is 12.2 Å². The molecule has 0 N–H and O–H groups in total. The van der Waals surface area contributed by atoms with E-state index in [4.69, 9.17) is 34.8 Å². The molecule has 1 aromatic heterocycles. The third-order valence-corrected chi connectivity index (χ3v) is 1.70. The Bertz CT molecular complexity index is 271. The molecule has 0 aliphatic carbocycles. The van der Waals surface area contributed by atoms with E-state index in [9.17, 15) is 0 Å². The summed E-state index contributed by atoms with van der Waals surface area (Å²) in [6.07, 6.45) is 2.03. The van der Waals surface area contributed by atoms with Crippen molar-refractivity contribution in [2.24, 2.45) is 0 Å². The highest BCUT2D eigenvalue weighted by atomic mass is 35.6. The van der Waals surface area contributed by atoms with Gasteiger partial charge in [-0.25, -0.2) is 15.0 Å². The fraction of sp³-hybridized carbons (Fsp3) is 0.500. The summed E-state index contributed by atoms with van der Waals surface area (Å²) in [6.45, 7) is 1.91. The van der Waals surface area contributed by atoms with Gasteiger partial charge in [-0.2, -0.15) is 0 Å². The van der Waals surface area contributed by atoms with Gasteiger partial charge in [-0.05, 0) is 0 Å². The molecule has 0 spiro atoms. The summed E-state index contributed by atoms with van der Waals surface area (Å²) < 4.78 is -1.56. The van der Waals surface area contributed by atoms with E-state index in [0.29, 0.717) is 12.2 Å². The molecule has 0 saturated heterocycles. The summed E-state index contributed by atoms with van der Waals surface area (Å²) in [7, 11) is 0. The molecule has 1 rings (SSSR count). The molecular weight excluding hydrogens is 220 g/mol. The van der Waals surface area contributed by atoms with Gasteiger partial charge in [-0.15, -0.1) is 0 Å². The Labute approximate surface area is 85.1 Å². The first-order chi connectivity index (χ1) is 5.54. The third-order valence-electron chi connectivity index (χ3n) is 1.19. The van der Waals surface area contributed by atoms with Crippen LogP contribution in [0.4, 0.5) is 0 Å². The maximum absolute atomic E-state index is 5.57. The van der Waals surface area contributed by atoms with Crippen LogP contribution in [0.2, 0.25) is 0 Å². The average molecular weight is 226 g/mol. The number of nitrogens with zero attached hydrogens (tertiary/aromatic N) is 3. The molecule has 0 fully saturated rings. The van der Waals surface area contributed by atoms with Crippen LogP contribution in [-0.4, -0.2) is 15.0 Å². The summed E-state index contributed by atoms with van der Waals surface area (Å²) in [5.74, 6) is 0.783. The molecule has 1 aromatic rings. The molecule has 66 valence electrons. The highest BCUT2D eigenvalue weighted by molar-refractivity contribution is 6.66. The van der Waals surface area contributed by atoms with Gasteiger partial charge in [0, 0.05) is 6.42 Å². The Hall–Kier alpha value is -0.120. The minimum absolute atomic E-state index is 0.166. The zero-order valence-electron chi connectivity index (χ0n) is 6.26. The second kappa shape index (κ2) is 3.73. The highest BCUT2D eigenvalue weighted by Crippen LogP contribution is 2.35. The number of aryl methyl sites for hydroxylation is 1. The van der Waals surface area contributed by atoms with Crippen molar-refractivity contribution in [1.29, 1.82) is 0 Å². The zero-order chi connectivity index (χ0) is 9.19. The largest absolute Gasteiger partial charge is 0.250 e. The zero-order valence-corrected chi connectivity index (χ0v) is 8.53. The fourth-order valence-electron chi connectivity index (χ4n) is 0.637. The Morgan fingerprint density at radius 3 is 2.50 bits per heavy atom. The van der Waals surface area contributed by atoms with Gasteiger partial charge in [0.25, 0.3) is 0 Å². The SMILES string of the molecule is CCc1ncnc(C(Cl)(Cl)Cl)n1. The van der Waals surface area contributed by atoms with Crippen molar-refractivity contribution in [3.05, 3.63) is 18.0 Å². The quantitative estimate of drug-likeness (QED) is 0.690. The van der Waals surface area contributed by atoms with E-state index in [1.807, 2.05) is 6.92 Å². The molecule has 0 bridgehead atoms. The van der Waals surface area contributed by atoms with Crippen LogP contribution in [-0.2, 0) is 10.2 Å². The van der Waals surface area contributed by atoms with E-state index in [1.54, 1.807) is 0 Å². The van der Waals surface area contributed by atoms with Crippen LogP contribution >= 0.6 is 34.8 Å². The normalized spacial score (nSPS) is 11.7. The van der Waals surface area contributed by atoms with Crippen molar-refractivity contribution in [3.8, 4) is 0 Å². The molecule has 12 heavy (non-hydrogen) atoms. The number of alkyl halides is 3. The lowest BCUT2D eigenvalue weighted by Gasteiger charge is -2.08. The predicted molar refractivity (Wildman–Crippen MR) is 48.4 cm³/mol. The minimum atomic E-state index is -1.56. The van der Waals surface area contributed by atoms with Crippen LogP contribution in [0.5, 0.6) is 0 Å². The van der Waals surface area contributed by atoms with Crippen LogP contribution in [0.3, 0.4) is 0 Å². The van der Waals surface area contributed by atoms with Crippen molar-refractivity contribution in [1.82, 2.24) is 15.0 Å². The van der Waals surface area contributed by atoms with Crippen LogP contribution in [0, 0.1) is 0 Å². The first-order valence-electron chi connectivity index (χ1n) is 3.29. The molecule has 0 unspecified atom stereocenters. The molecule has 0 radical (unpaired) electrons. The molecule has 3 nitrogen and oxygen atoms in total. The van der Waals surface area contributed by atoms with E-state index < -0.39 is 3.79 Å². The molecule has 1 heterocycles. The van der Waals surface area contributed by atoms with Crippen molar-refractivity contribution in [2.75, 3.05) is 0 Å². The molecule has 0 aliphatic heterocycles. The fourth-order valence-corrected chi connectivity index (χ4v) is 0.910. The van der Waals surface area contributed by atoms with E-state index in [1.165, 1.54) is 6.33 Å². The summed E-state index contributed by atoms with van der Waals surface area (Å²) in [4.78, 5) is 11.6. The lowest BCUT2D eigenvalue weighted by Crippen LogP contribution is -2.09. The van der Waals surface area contributed by atoms with Crippen LogP contribution in [0.1, 0.15) is 18.6 Å². The topological polar surface area (TPSA) is 38.7 Å². The second-order valence-electron chi connectivity index (χ2n) is 2.08. The second-order valence-corrected chi connectivity index (χ2v) is 4.36. The van der Waals surface area contributed by atoms with Gasteiger partial charge >= 0.3 is 0 Å². The summed E-state index contributed by atoms with van der Waals surface area (Å²) in [6, 6.07) is 0. The summed E-state index contributed by atoms with van der Waals surface area (Å²) in [5, 5.41) is 0. The average Bonchev–Trinajstić information content (AvgIpc) is 2.03. The maximum Gasteiger partial charge on any atom is 0.250 e. The van der Waals surface area contributed by atoms with Crippen molar-refractivity contribution in [3.63, 3.8) is 0 Å². The van der Waals surface area contributed by atoms with Crippen molar-refractivity contribution < 1.29 is 0 Å². The first-order valence-corrected chi connectivity index (χ1v) is 4.42. The Morgan fingerprint density at radius 2 is 2.00 bits per heavy atom. The summed E-state index contributed by atoms with van der Waals surface area (Å²) >= 11 is 16.7. The first kappa shape index (κ1) is 9.96. The lowest BCUT2D eigenvalue weighted by molar-refractivity contribution is 0.834. The molecular formula is C6H6Cl3N3. The Morgan fingerprint density at radius 1 is 1.33 bits per heavy atom. The van der Waals surface area contributed by atoms with E-state index in [-0.39, 0.29) is 5.82 Å². The summed E-state index contributed by atoms with van der Waals surface area (Å²) in [5.41, 5.74) is 0. The third kappa shape index (κ3) is 2.44. The monoisotopic (exact) mass is 225 g/mol. The predicted octanol–water partition coefficient (Wildman–Crippen LogP) is 2.26. The molecule has 0 aromatic carbocycles. The minimum Gasteiger partial charge on any atom is -0.221 e. The van der Waals surface area contributed by atoms with Gasteiger partial charge in [-0.3, -0.25) is 0 Å². The molecule has 0 atom stereocenters. The van der Waals surface area contributed by atoms with E-state index in [0.717, 1.165) is 0 Å². The van der Waals surface area contributed by atoms with Gasteiger partial charge in [0.2, 0.25) is 3.79 Å². The molecule has 0 amide bonds. The van der Waals surface area contributed by atoms with Gasteiger partial charge in [0.15, 0.2) is 5.82 Å². The van der Waals surface area contributed by atoms with E-state index in [2.05, 4.69) is 15.0 Å².